The number of hydrogen-bond acceptors (Lipinski definition) is 3. The van der Waals surface area contributed by atoms with E-state index in [-0.39, 0.29) is 6.54 Å². The second-order valence-corrected chi connectivity index (χ2v) is 7.47. The summed E-state index contributed by atoms with van der Waals surface area (Å²) in [6, 6.07) is 8.31. The molecule has 0 spiro atoms. The molecule has 3 nitrogen and oxygen atoms in total. The van der Waals surface area contributed by atoms with Gasteiger partial charge in [-0.05, 0) is 49.8 Å². The molecule has 0 radical (unpaired) electrons. The molecule has 1 saturated carbocycles. The van der Waals surface area contributed by atoms with Gasteiger partial charge in [-0.3, -0.25) is 0 Å². The second-order valence-electron chi connectivity index (χ2n) is 7.06. The Labute approximate surface area is 142 Å². The van der Waals surface area contributed by atoms with Gasteiger partial charge >= 0.3 is 0 Å². The Bertz CT molecular complexity index is 515. The zero-order valence-electron chi connectivity index (χ0n) is 13.4. The monoisotopic (exact) mass is 340 g/mol. The van der Waals surface area contributed by atoms with Gasteiger partial charge in [-0.15, -0.1) is 0 Å². The molecule has 0 amide bonds. The van der Waals surface area contributed by atoms with E-state index in [0.717, 1.165) is 43.2 Å². The first-order chi connectivity index (χ1) is 11.1. The van der Waals surface area contributed by atoms with Crippen molar-refractivity contribution in [1.82, 2.24) is 5.32 Å². The molecule has 0 bridgehead atoms. The normalized spacial score (nSPS) is 31.8. The highest BCUT2D eigenvalue weighted by molar-refractivity contribution is 6.31. The van der Waals surface area contributed by atoms with Gasteiger partial charge in [0.05, 0.1) is 6.61 Å². The van der Waals surface area contributed by atoms with E-state index in [2.05, 4.69) is 11.4 Å². The minimum absolute atomic E-state index is 0.142. The molecular formula is C18H26ClFN2O. The van der Waals surface area contributed by atoms with E-state index in [9.17, 15) is 4.39 Å². The molecule has 3 N–H and O–H groups in total. The van der Waals surface area contributed by atoms with Crippen LogP contribution in [0.1, 0.15) is 24.8 Å². The van der Waals surface area contributed by atoms with Crippen LogP contribution in [0.5, 0.6) is 0 Å². The van der Waals surface area contributed by atoms with Gasteiger partial charge in [0.1, 0.15) is 5.67 Å². The lowest BCUT2D eigenvalue weighted by Gasteiger charge is -2.41. The van der Waals surface area contributed by atoms with Crippen LogP contribution in [-0.4, -0.2) is 38.0 Å². The topological polar surface area (TPSA) is 47.3 Å². The number of nitrogens with one attached hydrogen (secondary N) is 1. The van der Waals surface area contributed by atoms with E-state index < -0.39 is 5.67 Å². The highest BCUT2D eigenvalue weighted by Crippen LogP contribution is 2.40. The largest absolute Gasteiger partial charge is 0.381 e. The standard InChI is InChI=1S/C18H26ClFN2O/c19-16-4-2-1-3-14(16)7-17(15-5-6-23-11-15)22-10-13-8-18(20,9-13)12-21/h1-4,13,15,17,22H,5-12,21H2. The molecule has 1 aliphatic carbocycles. The lowest BCUT2D eigenvalue weighted by Crippen LogP contribution is -2.51. The van der Waals surface area contributed by atoms with Crippen LogP contribution in [0.25, 0.3) is 0 Å². The second kappa shape index (κ2) is 7.47. The Kier molecular flexibility index (Phi) is 5.57. The third-order valence-electron chi connectivity index (χ3n) is 5.28. The van der Waals surface area contributed by atoms with Crippen molar-refractivity contribution < 1.29 is 9.13 Å². The molecule has 5 heteroatoms. The Morgan fingerprint density at radius 3 is 2.83 bits per heavy atom. The summed E-state index contributed by atoms with van der Waals surface area (Å²) in [7, 11) is 0. The van der Waals surface area contributed by atoms with Gasteiger partial charge in [0.2, 0.25) is 0 Å². The van der Waals surface area contributed by atoms with Gasteiger partial charge in [-0.2, -0.15) is 0 Å². The molecule has 2 aliphatic rings. The van der Waals surface area contributed by atoms with Gasteiger partial charge < -0.3 is 15.8 Å². The lowest BCUT2D eigenvalue weighted by atomic mass is 9.72. The SMILES string of the molecule is NCC1(F)CC(CNC(Cc2ccccc2Cl)C2CCOC2)C1. The van der Waals surface area contributed by atoms with Crippen LogP contribution in [0.2, 0.25) is 5.02 Å². The highest BCUT2D eigenvalue weighted by atomic mass is 35.5. The van der Waals surface area contributed by atoms with Gasteiger partial charge in [-0.1, -0.05) is 29.8 Å². The fourth-order valence-corrected chi connectivity index (χ4v) is 3.99. The van der Waals surface area contributed by atoms with E-state index in [4.69, 9.17) is 22.1 Å². The third-order valence-corrected chi connectivity index (χ3v) is 5.64. The number of rotatable bonds is 7. The third kappa shape index (κ3) is 4.24. The average Bonchev–Trinajstić information content (AvgIpc) is 3.05. The lowest BCUT2D eigenvalue weighted by molar-refractivity contribution is 0.0140. The number of ether oxygens (including phenoxy) is 1. The minimum Gasteiger partial charge on any atom is -0.381 e. The molecule has 23 heavy (non-hydrogen) atoms. The molecule has 1 saturated heterocycles. The van der Waals surface area contributed by atoms with Crippen LogP contribution in [0, 0.1) is 11.8 Å². The maximum Gasteiger partial charge on any atom is 0.123 e. The number of alkyl halides is 1. The summed E-state index contributed by atoms with van der Waals surface area (Å²) in [5.41, 5.74) is 5.52. The fraction of sp³-hybridized carbons (Fsp3) is 0.667. The van der Waals surface area contributed by atoms with E-state index in [0.29, 0.717) is 30.7 Å². The predicted molar refractivity (Wildman–Crippen MR) is 91.5 cm³/mol. The summed E-state index contributed by atoms with van der Waals surface area (Å²) in [6.07, 6.45) is 3.12. The molecule has 1 heterocycles. The Hall–Kier alpha value is -0.680. The molecule has 1 aliphatic heterocycles. The van der Waals surface area contributed by atoms with Crippen molar-refractivity contribution in [3.63, 3.8) is 0 Å². The summed E-state index contributed by atoms with van der Waals surface area (Å²) in [5, 5.41) is 4.47. The molecular weight excluding hydrogens is 315 g/mol. The van der Waals surface area contributed by atoms with Crippen molar-refractivity contribution in [1.29, 1.82) is 0 Å². The van der Waals surface area contributed by atoms with Crippen LogP contribution in [0.15, 0.2) is 24.3 Å². The van der Waals surface area contributed by atoms with Gasteiger partial charge in [0.25, 0.3) is 0 Å². The smallest absolute Gasteiger partial charge is 0.123 e. The molecule has 128 valence electrons. The van der Waals surface area contributed by atoms with Crippen LogP contribution < -0.4 is 11.1 Å². The molecule has 2 atom stereocenters. The Morgan fingerprint density at radius 2 is 2.17 bits per heavy atom. The predicted octanol–water partition coefficient (Wildman–Crippen LogP) is 2.95. The van der Waals surface area contributed by atoms with Crippen LogP contribution >= 0.6 is 11.6 Å². The quantitative estimate of drug-likeness (QED) is 0.802. The zero-order chi connectivity index (χ0) is 16.3. The Balaban J connectivity index is 1.57. The zero-order valence-corrected chi connectivity index (χ0v) is 14.2. The first-order valence-corrected chi connectivity index (χ1v) is 8.91. The first kappa shape index (κ1) is 17.2. The van der Waals surface area contributed by atoms with E-state index in [1.54, 1.807) is 0 Å². The van der Waals surface area contributed by atoms with Crippen molar-refractivity contribution in [2.24, 2.45) is 17.6 Å². The van der Waals surface area contributed by atoms with Gasteiger partial charge in [0.15, 0.2) is 0 Å². The van der Waals surface area contributed by atoms with Crippen LogP contribution in [0.3, 0.4) is 0 Å². The van der Waals surface area contributed by atoms with Crippen molar-refractivity contribution in [2.45, 2.75) is 37.4 Å². The number of benzene rings is 1. The summed E-state index contributed by atoms with van der Waals surface area (Å²) in [4.78, 5) is 0. The number of halogens is 2. The van der Waals surface area contributed by atoms with Gasteiger partial charge in [-0.25, -0.2) is 4.39 Å². The van der Waals surface area contributed by atoms with E-state index in [1.165, 1.54) is 0 Å². The average molecular weight is 341 g/mol. The van der Waals surface area contributed by atoms with E-state index >= 15 is 0 Å². The molecule has 2 unspecified atom stereocenters. The summed E-state index contributed by atoms with van der Waals surface area (Å²) >= 11 is 6.31. The van der Waals surface area contributed by atoms with Crippen LogP contribution in [-0.2, 0) is 11.2 Å². The minimum atomic E-state index is -1.12. The number of hydrogen-bond donors (Lipinski definition) is 2. The van der Waals surface area contributed by atoms with E-state index in [1.807, 2.05) is 18.2 Å². The maximum atomic E-state index is 13.9. The summed E-state index contributed by atoms with van der Waals surface area (Å²) in [6.45, 7) is 2.61. The fourth-order valence-electron chi connectivity index (χ4n) is 3.78. The molecule has 0 aromatic heterocycles. The molecule has 3 rings (SSSR count). The van der Waals surface area contributed by atoms with Crippen molar-refractivity contribution in [2.75, 3.05) is 26.3 Å². The van der Waals surface area contributed by atoms with Crippen molar-refractivity contribution >= 4 is 11.6 Å². The molecule has 2 fully saturated rings. The molecule has 1 aromatic rings. The Morgan fingerprint density at radius 1 is 1.39 bits per heavy atom. The molecule has 1 aromatic carbocycles. The van der Waals surface area contributed by atoms with Crippen molar-refractivity contribution in [3.8, 4) is 0 Å². The van der Waals surface area contributed by atoms with Crippen molar-refractivity contribution in [3.05, 3.63) is 34.9 Å². The maximum absolute atomic E-state index is 13.9. The summed E-state index contributed by atoms with van der Waals surface area (Å²) < 4.78 is 19.5. The first-order valence-electron chi connectivity index (χ1n) is 8.53. The number of nitrogens with two attached hydrogens (primary N) is 1. The van der Waals surface area contributed by atoms with Gasteiger partial charge in [0, 0.05) is 30.1 Å². The highest BCUT2D eigenvalue weighted by Gasteiger charge is 2.43. The van der Waals surface area contributed by atoms with Crippen LogP contribution in [0.4, 0.5) is 4.39 Å². The summed E-state index contributed by atoms with van der Waals surface area (Å²) in [5.74, 6) is 0.885.